The van der Waals surface area contributed by atoms with Crippen molar-refractivity contribution in [2.24, 2.45) is 0 Å². The second kappa shape index (κ2) is 9.89. The zero-order valence-corrected chi connectivity index (χ0v) is 16.8. The van der Waals surface area contributed by atoms with E-state index in [4.69, 9.17) is 0 Å². The van der Waals surface area contributed by atoms with Crippen LogP contribution in [0.5, 0.6) is 0 Å². The van der Waals surface area contributed by atoms with E-state index in [0.717, 1.165) is 24.0 Å². The van der Waals surface area contributed by atoms with Crippen molar-refractivity contribution in [3.8, 4) is 0 Å². The molecule has 2 aromatic rings. The average molecular weight is 404 g/mol. The van der Waals surface area contributed by atoms with E-state index in [-0.39, 0.29) is 10.8 Å². The lowest BCUT2D eigenvalue weighted by atomic mass is 9.99. The van der Waals surface area contributed by atoms with Crippen LogP contribution in [-0.4, -0.2) is 26.9 Å². The molecule has 1 unspecified atom stereocenters. The minimum absolute atomic E-state index is 0.0310. The molecule has 2 aromatic carbocycles. The molecule has 3 amide bonds. The van der Waals surface area contributed by atoms with Crippen molar-refractivity contribution in [3.63, 3.8) is 0 Å². The summed E-state index contributed by atoms with van der Waals surface area (Å²) in [7, 11) is -3.98. The number of benzene rings is 2. The van der Waals surface area contributed by atoms with Crippen molar-refractivity contribution < 1.29 is 18.0 Å². The predicted molar refractivity (Wildman–Crippen MR) is 107 cm³/mol. The maximum Gasteiger partial charge on any atom is 0.328 e. The van der Waals surface area contributed by atoms with Gasteiger partial charge in [-0.2, -0.15) is 0 Å². The molecule has 0 aliphatic rings. The largest absolute Gasteiger partial charge is 0.345 e. The van der Waals surface area contributed by atoms with E-state index in [9.17, 15) is 18.0 Å². The molecule has 2 rings (SSSR count). The van der Waals surface area contributed by atoms with Gasteiger partial charge in [0.15, 0.2) is 0 Å². The number of urea groups is 1. The second-order valence-corrected chi connectivity index (χ2v) is 8.01. The Balaban J connectivity index is 2.18. The molecular formula is C20H25N3O4S. The van der Waals surface area contributed by atoms with Crippen molar-refractivity contribution >= 4 is 22.0 Å². The highest BCUT2D eigenvalue weighted by atomic mass is 32.2. The molecule has 0 saturated carbocycles. The quantitative estimate of drug-likeness (QED) is 0.590. The van der Waals surface area contributed by atoms with Gasteiger partial charge in [-0.05, 0) is 29.7 Å². The van der Waals surface area contributed by atoms with E-state index >= 15 is 0 Å². The molecule has 28 heavy (non-hydrogen) atoms. The van der Waals surface area contributed by atoms with Gasteiger partial charge >= 0.3 is 6.03 Å². The van der Waals surface area contributed by atoms with Gasteiger partial charge in [-0.1, -0.05) is 55.8 Å². The minimum Gasteiger partial charge on any atom is -0.345 e. The first kappa shape index (κ1) is 21.4. The van der Waals surface area contributed by atoms with Crippen LogP contribution < -0.4 is 15.4 Å². The maximum atomic E-state index is 12.4. The lowest BCUT2D eigenvalue weighted by Crippen LogP contribution is -2.39. The summed E-state index contributed by atoms with van der Waals surface area (Å²) in [5.74, 6) is -0.198. The van der Waals surface area contributed by atoms with E-state index in [1.807, 2.05) is 42.0 Å². The summed E-state index contributed by atoms with van der Waals surface area (Å²) in [5.41, 5.74) is 1.61. The van der Waals surface area contributed by atoms with Crippen LogP contribution in [0.25, 0.3) is 0 Å². The topological polar surface area (TPSA) is 104 Å². The van der Waals surface area contributed by atoms with Crippen LogP contribution in [0.15, 0.2) is 59.5 Å². The Hall–Kier alpha value is -2.87. The van der Waals surface area contributed by atoms with Gasteiger partial charge in [0.25, 0.3) is 10.0 Å². The summed E-state index contributed by atoms with van der Waals surface area (Å²) in [4.78, 5) is 23.3. The van der Waals surface area contributed by atoms with Gasteiger partial charge in [0.2, 0.25) is 5.91 Å². The Morgan fingerprint density at radius 3 is 2.14 bits per heavy atom. The Labute approximate surface area is 165 Å². The molecule has 7 nitrogen and oxygen atoms in total. The number of hydrogen-bond donors (Lipinski definition) is 3. The summed E-state index contributed by atoms with van der Waals surface area (Å²) in [6, 6.07) is 14.3. The van der Waals surface area contributed by atoms with Crippen LogP contribution in [0, 0.1) is 0 Å². The molecule has 0 radical (unpaired) electrons. The fraction of sp³-hybridized carbons (Fsp3) is 0.300. The van der Waals surface area contributed by atoms with Crippen molar-refractivity contribution in [3.05, 3.63) is 65.7 Å². The van der Waals surface area contributed by atoms with Gasteiger partial charge < -0.3 is 10.6 Å². The number of carbonyl (C=O) groups excluding carboxylic acids is 2. The Kier molecular flexibility index (Phi) is 7.57. The van der Waals surface area contributed by atoms with E-state index < -0.39 is 22.1 Å². The van der Waals surface area contributed by atoms with Gasteiger partial charge in [0.1, 0.15) is 0 Å². The zero-order valence-electron chi connectivity index (χ0n) is 15.9. The zero-order chi connectivity index (χ0) is 20.6. The molecule has 0 bridgehead atoms. The van der Waals surface area contributed by atoms with E-state index in [2.05, 4.69) is 10.6 Å². The van der Waals surface area contributed by atoms with Crippen LogP contribution in [0.3, 0.4) is 0 Å². The number of nitrogens with one attached hydrogen (secondary N) is 3. The summed E-state index contributed by atoms with van der Waals surface area (Å²) < 4.78 is 26.7. The molecule has 3 N–H and O–H groups in total. The molecule has 0 fully saturated rings. The first-order chi connectivity index (χ1) is 13.3. The average Bonchev–Trinajstić information content (AvgIpc) is 2.66. The number of sulfonamides is 1. The molecule has 1 atom stereocenters. The van der Waals surface area contributed by atoms with Crippen LogP contribution in [0.2, 0.25) is 0 Å². The molecule has 0 aromatic heterocycles. The van der Waals surface area contributed by atoms with Gasteiger partial charge in [0, 0.05) is 13.5 Å². The lowest BCUT2D eigenvalue weighted by Gasteiger charge is -2.19. The van der Waals surface area contributed by atoms with Gasteiger partial charge in [-0.3, -0.25) is 4.79 Å². The Morgan fingerprint density at radius 2 is 1.57 bits per heavy atom. The summed E-state index contributed by atoms with van der Waals surface area (Å²) in [6.07, 6.45) is 1.66. The first-order valence-electron chi connectivity index (χ1n) is 9.06. The molecule has 150 valence electrons. The number of rotatable bonds is 8. The number of unbranched alkanes of at least 4 members (excludes halogenated alkanes) is 1. The summed E-state index contributed by atoms with van der Waals surface area (Å²) in [6.45, 7) is 3.81. The third-order valence-electron chi connectivity index (χ3n) is 4.05. The highest BCUT2D eigenvalue weighted by Crippen LogP contribution is 2.23. The first-order valence-corrected chi connectivity index (χ1v) is 10.5. The van der Waals surface area contributed by atoms with E-state index in [1.165, 1.54) is 19.1 Å². The predicted octanol–water partition coefficient (Wildman–Crippen LogP) is 2.70. The minimum atomic E-state index is -3.98. The molecule has 0 aliphatic carbocycles. The fourth-order valence-electron chi connectivity index (χ4n) is 2.64. The van der Waals surface area contributed by atoms with E-state index in [0.29, 0.717) is 6.54 Å². The molecule has 8 heteroatoms. The highest BCUT2D eigenvalue weighted by molar-refractivity contribution is 7.90. The number of hydrogen-bond acceptors (Lipinski definition) is 4. The smallest absolute Gasteiger partial charge is 0.328 e. The number of amides is 3. The third-order valence-corrected chi connectivity index (χ3v) is 5.39. The maximum absolute atomic E-state index is 12.4. The second-order valence-electron chi connectivity index (χ2n) is 6.33. The van der Waals surface area contributed by atoms with Crippen LogP contribution in [0.4, 0.5) is 4.79 Å². The molecule has 0 saturated heterocycles. The SMILES string of the molecule is CCCCNC(=O)NS(=O)(=O)c1ccc(C(NC(C)=O)c2ccccc2)cc1. The normalized spacial score (nSPS) is 12.1. The van der Waals surface area contributed by atoms with Crippen molar-refractivity contribution in [2.75, 3.05) is 6.54 Å². The Morgan fingerprint density at radius 1 is 0.964 bits per heavy atom. The van der Waals surface area contributed by atoms with Gasteiger partial charge in [-0.15, -0.1) is 0 Å². The third kappa shape index (κ3) is 6.09. The highest BCUT2D eigenvalue weighted by Gasteiger charge is 2.19. The van der Waals surface area contributed by atoms with Crippen molar-refractivity contribution in [2.45, 2.75) is 37.6 Å². The molecule has 0 heterocycles. The van der Waals surface area contributed by atoms with Crippen molar-refractivity contribution in [1.29, 1.82) is 0 Å². The van der Waals surface area contributed by atoms with Crippen LogP contribution in [0.1, 0.15) is 43.9 Å². The van der Waals surface area contributed by atoms with Crippen LogP contribution in [-0.2, 0) is 14.8 Å². The fourth-order valence-corrected chi connectivity index (χ4v) is 3.57. The van der Waals surface area contributed by atoms with E-state index in [1.54, 1.807) is 12.1 Å². The van der Waals surface area contributed by atoms with Gasteiger partial charge in [-0.25, -0.2) is 17.9 Å². The monoisotopic (exact) mass is 403 g/mol. The van der Waals surface area contributed by atoms with Gasteiger partial charge in [0.05, 0.1) is 10.9 Å². The summed E-state index contributed by atoms with van der Waals surface area (Å²) in [5, 5.41) is 5.37. The standard InChI is InChI=1S/C20H25N3O4S/c1-3-4-14-21-20(25)23-28(26,27)18-12-10-17(11-13-18)19(22-15(2)24)16-8-6-5-7-9-16/h5-13,19H,3-4,14H2,1-2H3,(H,22,24)(H2,21,23,25). The number of carbonyl (C=O) groups is 2. The molecule has 0 spiro atoms. The molecule has 0 aliphatic heterocycles. The summed E-state index contributed by atoms with van der Waals surface area (Å²) >= 11 is 0. The molecular weight excluding hydrogens is 378 g/mol. The van der Waals surface area contributed by atoms with Crippen molar-refractivity contribution in [1.82, 2.24) is 15.4 Å². The Bertz CT molecular complexity index is 897. The lowest BCUT2D eigenvalue weighted by molar-refractivity contribution is -0.119. The van der Waals surface area contributed by atoms with Crippen LogP contribution >= 0.6 is 0 Å².